The van der Waals surface area contributed by atoms with Crippen molar-refractivity contribution in [3.8, 4) is 0 Å². The minimum Gasteiger partial charge on any atom is -0.340 e. The average Bonchev–Trinajstić information content (AvgIpc) is 2.98. The first-order valence-corrected chi connectivity index (χ1v) is 9.96. The Morgan fingerprint density at radius 3 is 2.65 bits per heavy atom. The topological polar surface area (TPSA) is 43.9 Å². The molecule has 2 fully saturated rings. The van der Waals surface area contributed by atoms with Gasteiger partial charge in [-0.3, -0.25) is 14.5 Å². The second kappa shape index (κ2) is 9.17. The van der Waals surface area contributed by atoms with Crippen molar-refractivity contribution in [2.24, 2.45) is 0 Å². The summed E-state index contributed by atoms with van der Waals surface area (Å²) in [4.78, 5) is 31.0. The van der Waals surface area contributed by atoms with E-state index in [0.29, 0.717) is 6.42 Å². The number of rotatable bonds is 4. The predicted octanol–water partition coefficient (Wildman–Crippen LogP) is 2.43. The van der Waals surface area contributed by atoms with Gasteiger partial charge in [0.25, 0.3) is 0 Å². The zero-order valence-corrected chi connectivity index (χ0v) is 16.0. The standard InChI is InChI=1S/C21H31N3O2/c1-18-8-4-5-9-19(18)16-22-11-7-13-23(15-14-22)21(26)17-24-12-6-2-3-10-20(24)25/h4-5,8-9H,2-3,6-7,10-17H2,1H3. The van der Waals surface area contributed by atoms with Crippen LogP contribution in [-0.4, -0.2) is 65.8 Å². The molecule has 2 amide bonds. The van der Waals surface area contributed by atoms with Gasteiger partial charge in [-0.1, -0.05) is 30.7 Å². The summed E-state index contributed by atoms with van der Waals surface area (Å²) in [6, 6.07) is 8.51. The molecule has 0 saturated carbocycles. The molecule has 1 aromatic rings. The summed E-state index contributed by atoms with van der Waals surface area (Å²) in [5.74, 6) is 0.254. The molecule has 0 aliphatic carbocycles. The van der Waals surface area contributed by atoms with E-state index in [1.165, 1.54) is 11.1 Å². The van der Waals surface area contributed by atoms with Crippen molar-refractivity contribution in [3.05, 3.63) is 35.4 Å². The second-order valence-electron chi connectivity index (χ2n) is 7.56. The van der Waals surface area contributed by atoms with Gasteiger partial charge in [-0.15, -0.1) is 0 Å². The molecule has 1 aromatic carbocycles. The SMILES string of the molecule is Cc1ccccc1CN1CCCN(C(=O)CN2CCCCCC2=O)CC1. The summed E-state index contributed by atoms with van der Waals surface area (Å²) >= 11 is 0. The van der Waals surface area contributed by atoms with Gasteiger partial charge < -0.3 is 9.80 Å². The van der Waals surface area contributed by atoms with Crippen LogP contribution in [0, 0.1) is 6.92 Å². The van der Waals surface area contributed by atoms with Crippen LogP contribution in [0.5, 0.6) is 0 Å². The lowest BCUT2D eigenvalue weighted by Gasteiger charge is -2.26. The van der Waals surface area contributed by atoms with Crippen LogP contribution < -0.4 is 0 Å². The molecular weight excluding hydrogens is 326 g/mol. The first kappa shape index (κ1) is 18.9. The van der Waals surface area contributed by atoms with Crippen molar-refractivity contribution in [1.82, 2.24) is 14.7 Å². The van der Waals surface area contributed by atoms with Crippen LogP contribution in [0.25, 0.3) is 0 Å². The Bertz CT molecular complexity index is 631. The van der Waals surface area contributed by atoms with E-state index in [0.717, 1.165) is 65.0 Å². The normalized spacial score (nSPS) is 20.0. The number of hydrogen-bond donors (Lipinski definition) is 0. The van der Waals surface area contributed by atoms with Crippen LogP contribution in [0.2, 0.25) is 0 Å². The first-order chi connectivity index (χ1) is 12.6. The van der Waals surface area contributed by atoms with Crippen molar-refractivity contribution in [2.75, 3.05) is 39.3 Å². The summed E-state index contributed by atoms with van der Waals surface area (Å²) in [6.07, 6.45) is 4.65. The van der Waals surface area contributed by atoms with Gasteiger partial charge in [-0.2, -0.15) is 0 Å². The molecule has 0 atom stereocenters. The predicted molar refractivity (Wildman–Crippen MR) is 103 cm³/mol. The number of carbonyl (C=O) groups excluding carboxylic acids is 2. The fourth-order valence-electron chi connectivity index (χ4n) is 3.88. The van der Waals surface area contributed by atoms with Crippen molar-refractivity contribution < 1.29 is 9.59 Å². The highest BCUT2D eigenvalue weighted by Gasteiger charge is 2.24. The minimum atomic E-state index is 0.109. The number of hydrogen-bond acceptors (Lipinski definition) is 3. The third-order valence-electron chi connectivity index (χ3n) is 5.59. The van der Waals surface area contributed by atoms with Gasteiger partial charge in [0.05, 0.1) is 6.54 Å². The smallest absolute Gasteiger partial charge is 0.242 e. The third-order valence-corrected chi connectivity index (χ3v) is 5.59. The van der Waals surface area contributed by atoms with Gasteiger partial charge in [0, 0.05) is 45.7 Å². The Balaban J connectivity index is 1.52. The van der Waals surface area contributed by atoms with Crippen LogP contribution in [0.4, 0.5) is 0 Å². The van der Waals surface area contributed by atoms with Crippen LogP contribution in [-0.2, 0) is 16.1 Å². The van der Waals surface area contributed by atoms with E-state index in [1.807, 2.05) is 4.90 Å². The van der Waals surface area contributed by atoms with Gasteiger partial charge in [0.15, 0.2) is 0 Å². The van der Waals surface area contributed by atoms with E-state index < -0.39 is 0 Å². The van der Waals surface area contributed by atoms with E-state index in [2.05, 4.69) is 36.1 Å². The number of likely N-dealkylation sites (tertiary alicyclic amines) is 1. The van der Waals surface area contributed by atoms with Gasteiger partial charge in [0.1, 0.15) is 0 Å². The summed E-state index contributed by atoms with van der Waals surface area (Å²) in [5.41, 5.74) is 2.69. The van der Waals surface area contributed by atoms with E-state index in [9.17, 15) is 9.59 Å². The Kier molecular flexibility index (Phi) is 6.67. The fraction of sp³-hybridized carbons (Fsp3) is 0.619. The Hall–Kier alpha value is -1.88. The molecule has 0 spiro atoms. The average molecular weight is 357 g/mol. The molecule has 0 bridgehead atoms. The van der Waals surface area contributed by atoms with Crippen LogP contribution >= 0.6 is 0 Å². The molecule has 0 radical (unpaired) electrons. The summed E-state index contributed by atoms with van der Waals surface area (Å²) < 4.78 is 0. The third kappa shape index (κ3) is 5.07. The molecule has 3 rings (SSSR count). The molecule has 2 aliphatic rings. The zero-order valence-electron chi connectivity index (χ0n) is 16.0. The molecule has 0 N–H and O–H groups in total. The number of nitrogens with zero attached hydrogens (tertiary/aromatic N) is 3. The van der Waals surface area contributed by atoms with E-state index >= 15 is 0 Å². The number of benzene rings is 1. The van der Waals surface area contributed by atoms with Gasteiger partial charge in [-0.05, 0) is 37.3 Å². The lowest BCUT2D eigenvalue weighted by atomic mass is 10.1. The van der Waals surface area contributed by atoms with Gasteiger partial charge >= 0.3 is 0 Å². The second-order valence-corrected chi connectivity index (χ2v) is 7.56. The molecule has 2 aliphatic heterocycles. The Morgan fingerprint density at radius 1 is 0.962 bits per heavy atom. The largest absolute Gasteiger partial charge is 0.340 e. The molecule has 5 nitrogen and oxygen atoms in total. The number of amides is 2. The number of aryl methyl sites for hydroxylation is 1. The lowest BCUT2D eigenvalue weighted by molar-refractivity contribution is -0.140. The maximum absolute atomic E-state index is 12.7. The summed E-state index contributed by atoms with van der Waals surface area (Å²) in [5, 5.41) is 0. The quantitative estimate of drug-likeness (QED) is 0.831. The van der Waals surface area contributed by atoms with Crippen LogP contribution in [0.1, 0.15) is 43.2 Å². The minimum absolute atomic E-state index is 0.109. The molecule has 2 heterocycles. The molecule has 0 unspecified atom stereocenters. The molecule has 142 valence electrons. The molecule has 26 heavy (non-hydrogen) atoms. The van der Waals surface area contributed by atoms with Gasteiger partial charge in [-0.25, -0.2) is 0 Å². The van der Waals surface area contributed by atoms with E-state index in [4.69, 9.17) is 0 Å². The van der Waals surface area contributed by atoms with E-state index in [-0.39, 0.29) is 18.4 Å². The maximum atomic E-state index is 12.7. The Labute approximate surface area is 156 Å². The fourth-order valence-corrected chi connectivity index (χ4v) is 3.88. The zero-order chi connectivity index (χ0) is 18.4. The lowest BCUT2D eigenvalue weighted by Crippen LogP contribution is -2.44. The van der Waals surface area contributed by atoms with Crippen molar-refractivity contribution in [3.63, 3.8) is 0 Å². The molecule has 2 saturated heterocycles. The monoisotopic (exact) mass is 357 g/mol. The van der Waals surface area contributed by atoms with Crippen LogP contribution in [0.3, 0.4) is 0 Å². The highest BCUT2D eigenvalue weighted by Crippen LogP contribution is 2.14. The molecular formula is C21H31N3O2. The van der Waals surface area contributed by atoms with Crippen molar-refractivity contribution in [2.45, 2.75) is 45.6 Å². The first-order valence-electron chi connectivity index (χ1n) is 9.96. The Morgan fingerprint density at radius 2 is 1.81 bits per heavy atom. The van der Waals surface area contributed by atoms with Gasteiger partial charge in [0.2, 0.25) is 11.8 Å². The van der Waals surface area contributed by atoms with Crippen molar-refractivity contribution >= 4 is 11.8 Å². The number of carbonyl (C=O) groups is 2. The van der Waals surface area contributed by atoms with Crippen molar-refractivity contribution in [1.29, 1.82) is 0 Å². The van der Waals surface area contributed by atoms with E-state index in [1.54, 1.807) is 4.90 Å². The molecule has 5 heteroatoms. The van der Waals surface area contributed by atoms with Crippen LogP contribution in [0.15, 0.2) is 24.3 Å². The summed E-state index contributed by atoms with van der Waals surface area (Å²) in [7, 11) is 0. The highest BCUT2D eigenvalue weighted by atomic mass is 16.2. The maximum Gasteiger partial charge on any atom is 0.242 e. The summed E-state index contributed by atoms with van der Waals surface area (Å²) in [6.45, 7) is 7.56. The molecule has 0 aromatic heterocycles. The highest BCUT2D eigenvalue weighted by molar-refractivity contribution is 5.85.